The van der Waals surface area contributed by atoms with Crippen molar-refractivity contribution in [1.82, 2.24) is 10.2 Å². The van der Waals surface area contributed by atoms with Gasteiger partial charge in [-0.1, -0.05) is 13.8 Å². The highest BCUT2D eigenvalue weighted by molar-refractivity contribution is 5.99. The number of nitrogens with one attached hydrogen (secondary N) is 1. The van der Waals surface area contributed by atoms with Crippen LogP contribution in [0.15, 0.2) is 0 Å². The summed E-state index contributed by atoms with van der Waals surface area (Å²) in [5.74, 6) is -0.262. The maximum absolute atomic E-state index is 12.3. The largest absolute Gasteiger partial charge is 0.340 e. The first-order chi connectivity index (χ1) is 7.81. The molecule has 0 aromatic rings. The summed E-state index contributed by atoms with van der Waals surface area (Å²) >= 11 is 0. The molecule has 0 aliphatic carbocycles. The minimum absolute atomic E-state index is 0.0228. The first kappa shape index (κ1) is 13.9. The molecule has 1 rings (SSSR count). The van der Waals surface area contributed by atoms with Gasteiger partial charge in [0.05, 0.1) is 6.67 Å². The molecule has 1 fully saturated rings. The molecular formula is C12H21FN2O2. The molecule has 0 saturated carbocycles. The second-order valence-corrected chi connectivity index (χ2v) is 5.34. The zero-order valence-corrected chi connectivity index (χ0v) is 10.9. The number of nitrogens with zero attached hydrogens (tertiary/aromatic N) is 1. The van der Waals surface area contributed by atoms with E-state index < -0.39 is 18.3 Å². The van der Waals surface area contributed by atoms with Crippen molar-refractivity contribution >= 4 is 11.8 Å². The van der Waals surface area contributed by atoms with E-state index in [2.05, 4.69) is 5.32 Å². The predicted molar refractivity (Wildman–Crippen MR) is 63.2 cm³/mol. The summed E-state index contributed by atoms with van der Waals surface area (Å²) in [5.41, 5.74) is -0.890. The second-order valence-electron chi connectivity index (χ2n) is 5.34. The number of alkyl halides is 1. The minimum atomic E-state index is -0.890. The molecule has 0 spiro atoms. The SMILES string of the molecule is CC(C)C1C(=O)NC(C)(C)C(=O)N1CCCF. The van der Waals surface area contributed by atoms with Crippen molar-refractivity contribution in [2.45, 2.75) is 45.7 Å². The van der Waals surface area contributed by atoms with Gasteiger partial charge in [0.25, 0.3) is 0 Å². The predicted octanol–water partition coefficient (Wildman–Crippen LogP) is 1.11. The Bertz CT molecular complexity index is 316. The molecule has 0 bridgehead atoms. The van der Waals surface area contributed by atoms with Crippen molar-refractivity contribution in [3.05, 3.63) is 0 Å². The van der Waals surface area contributed by atoms with Crippen LogP contribution in [0, 0.1) is 5.92 Å². The van der Waals surface area contributed by atoms with Crippen molar-refractivity contribution in [1.29, 1.82) is 0 Å². The van der Waals surface area contributed by atoms with Gasteiger partial charge in [0, 0.05) is 6.54 Å². The standard InChI is InChI=1S/C12H21FN2O2/c1-8(2)9-10(16)14-12(3,4)11(17)15(9)7-5-6-13/h8-9H,5-7H2,1-4H3,(H,14,16). The summed E-state index contributed by atoms with van der Waals surface area (Å²) in [6.07, 6.45) is 0.276. The Morgan fingerprint density at radius 1 is 1.41 bits per heavy atom. The van der Waals surface area contributed by atoms with Gasteiger partial charge in [-0.2, -0.15) is 0 Å². The number of hydrogen-bond donors (Lipinski definition) is 1. The Morgan fingerprint density at radius 2 is 2.00 bits per heavy atom. The van der Waals surface area contributed by atoms with E-state index in [-0.39, 0.29) is 24.2 Å². The first-order valence-corrected chi connectivity index (χ1v) is 6.00. The Kier molecular flexibility index (Phi) is 4.11. The molecule has 1 N–H and O–H groups in total. The van der Waals surface area contributed by atoms with Crippen LogP contribution in [0.3, 0.4) is 0 Å². The molecule has 17 heavy (non-hydrogen) atoms. The van der Waals surface area contributed by atoms with Gasteiger partial charge in [0.1, 0.15) is 11.6 Å². The van der Waals surface area contributed by atoms with Gasteiger partial charge in [0.2, 0.25) is 11.8 Å². The lowest BCUT2D eigenvalue weighted by Gasteiger charge is -2.44. The van der Waals surface area contributed by atoms with E-state index in [9.17, 15) is 14.0 Å². The quantitative estimate of drug-likeness (QED) is 0.805. The molecule has 0 aromatic carbocycles. The van der Waals surface area contributed by atoms with E-state index in [1.54, 1.807) is 13.8 Å². The molecular weight excluding hydrogens is 223 g/mol. The smallest absolute Gasteiger partial charge is 0.248 e. The van der Waals surface area contributed by atoms with Gasteiger partial charge in [-0.15, -0.1) is 0 Å². The molecule has 0 aromatic heterocycles. The van der Waals surface area contributed by atoms with Crippen molar-refractivity contribution in [2.24, 2.45) is 5.92 Å². The molecule has 1 heterocycles. The molecule has 0 radical (unpaired) electrons. The Hall–Kier alpha value is -1.13. The summed E-state index contributed by atoms with van der Waals surface area (Å²) in [5, 5.41) is 2.72. The van der Waals surface area contributed by atoms with Crippen LogP contribution in [-0.4, -0.2) is 41.5 Å². The molecule has 4 nitrogen and oxygen atoms in total. The average molecular weight is 244 g/mol. The fourth-order valence-corrected chi connectivity index (χ4v) is 2.20. The van der Waals surface area contributed by atoms with Crippen LogP contribution in [0.5, 0.6) is 0 Å². The number of rotatable bonds is 4. The monoisotopic (exact) mass is 244 g/mol. The molecule has 1 aliphatic heterocycles. The summed E-state index contributed by atoms with van der Waals surface area (Å²) in [6.45, 7) is 6.95. The third-order valence-electron chi connectivity index (χ3n) is 3.00. The molecule has 1 saturated heterocycles. The summed E-state index contributed by atoms with van der Waals surface area (Å²) in [4.78, 5) is 25.7. The average Bonchev–Trinajstić information content (AvgIpc) is 2.19. The fourth-order valence-electron chi connectivity index (χ4n) is 2.20. The second kappa shape index (κ2) is 5.02. The van der Waals surface area contributed by atoms with E-state index in [1.165, 1.54) is 4.90 Å². The van der Waals surface area contributed by atoms with Gasteiger partial charge < -0.3 is 10.2 Å². The van der Waals surface area contributed by atoms with E-state index in [1.807, 2.05) is 13.8 Å². The Labute approximate surface area is 102 Å². The van der Waals surface area contributed by atoms with Gasteiger partial charge >= 0.3 is 0 Å². The van der Waals surface area contributed by atoms with Crippen molar-refractivity contribution in [2.75, 3.05) is 13.2 Å². The number of carbonyl (C=O) groups is 2. The molecule has 98 valence electrons. The van der Waals surface area contributed by atoms with Gasteiger partial charge in [-0.05, 0) is 26.2 Å². The van der Waals surface area contributed by atoms with Crippen molar-refractivity contribution < 1.29 is 14.0 Å². The zero-order chi connectivity index (χ0) is 13.2. The van der Waals surface area contributed by atoms with Crippen LogP contribution in [-0.2, 0) is 9.59 Å². The lowest BCUT2D eigenvalue weighted by atomic mass is 9.91. The highest BCUT2D eigenvalue weighted by Crippen LogP contribution is 2.22. The van der Waals surface area contributed by atoms with Gasteiger partial charge in [-0.3, -0.25) is 14.0 Å². The molecule has 1 atom stereocenters. The normalized spacial score (nSPS) is 24.1. The number of hydrogen-bond acceptors (Lipinski definition) is 2. The Morgan fingerprint density at radius 3 is 2.47 bits per heavy atom. The lowest BCUT2D eigenvalue weighted by molar-refractivity contribution is -0.155. The third-order valence-corrected chi connectivity index (χ3v) is 3.00. The number of piperazine rings is 1. The van der Waals surface area contributed by atoms with Gasteiger partial charge in [-0.25, -0.2) is 0 Å². The highest BCUT2D eigenvalue weighted by Gasteiger charge is 2.45. The van der Waals surface area contributed by atoms with Crippen molar-refractivity contribution in [3.63, 3.8) is 0 Å². The summed E-state index contributed by atoms with van der Waals surface area (Å²) < 4.78 is 12.3. The zero-order valence-electron chi connectivity index (χ0n) is 10.9. The maximum atomic E-state index is 12.3. The number of amides is 2. The molecule has 5 heteroatoms. The van der Waals surface area contributed by atoms with E-state index >= 15 is 0 Å². The third kappa shape index (κ3) is 2.76. The maximum Gasteiger partial charge on any atom is 0.248 e. The fraction of sp³-hybridized carbons (Fsp3) is 0.833. The van der Waals surface area contributed by atoms with Crippen LogP contribution >= 0.6 is 0 Å². The van der Waals surface area contributed by atoms with Gasteiger partial charge in [0.15, 0.2) is 0 Å². The van der Waals surface area contributed by atoms with Crippen molar-refractivity contribution in [3.8, 4) is 0 Å². The number of carbonyl (C=O) groups excluding carboxylic acids is 2. The van der Waals surface area contributed by atoms with E-state index in [0.29, 0.717) is 6.54 Å². The summed E-state index contributed by atoms with van der Waals surface area (Å²) in [6, 6.07) is -0.484. The molecule has 2 amide bonds. The van der Waals surface area contributed by atoms with E-state index in [4.69, 9.17) is 0 Å². The molecule has 1 unspecified atom stereocenters. The van der Waals surface area contributed by atoms with Crippen LogP contribution in [0.25, 0.3) is 0 Å². The number of halogens is 1. The van der Waals surface area contributed by atoms with Crippen LogP contribution in [0.2, 0.25) is 0 Å². The Balaban J connectivity index is 2.96. The first-order valence-electron chi connectivity index (χ1n) is 6.00. The highest BCUT2D eigenvalue weighted by atomic mass is 19.1. The molecule has 1 aliphatic rings. The topological polar surface area (TPSA) is 49.4 Å². The minimum Gasteiger partial charge on any atom is -0.340 e. The summed E-state index contributed by atoms with van der Waals surface area (Å²) in [7, 11) is 0. The van der Waals surface area contributed by atoms with Crippen LogP contribution in [0.1, 0.15) is 34.1 Å². The lowest BCUT2D eigenvalue weighted by Crippen LogP contribution is -2.69. The van der Waals surface area contributed by atoms with Crippen LogP contribution < -0.4 is 5.32 Å². The van der Waals surface area contributed by atoms with Crippen LogP contribution in [0.4, 0.5) is 4.39 Å². The van der Waals surface area contributed by atoms with E-state index in [0.717, 1.165) is 0 Å².